The highest BCUT2D eigenvalue weighted by molar-refractivity contribution is 5.15. The topological polar surface area (TPSA) is 6.48 Å². The molecule has 0 N–H and O–H groups in total. The number of hydrogen-bond acceptors (Lipinski definition) is 2. The Kier molecular flexibility index (Phi) is 2.32. The summed E-state index contributed by atoms with van der Waals surface area (Å²) in [7, 11) is 2.10. The van der Waals surface area contributed by atoms with Gasteiger partial charge in [-0.2, -0.15) is 0 Å². The molecule has 0 radical (unpaired) electrons. The summed E-state index contributed by atoms with van der Waals surface area (Å²) >= 11 is 0. The summed E-state index contributed by atoms with van der Waals surface area (Å²) in [5.74, 6) is 0. The molecule has 0 atom stereocenters. The Morgan fingerprint density at radius 1 is 1.23 bits per heavy atom. The molecule has 1 aromatic carbocycles. The summed E-state index contributed by atoms with van der Waals surface area (Å²) in [4.78, 5) is 0. The molecule has 2 heteroatoms. The van der Waals surface area contributed by atoms with E-state index in [1.54, 1.807) is 0 Å². The van der Waals surface area contributed by atoms with Gasteiger partial charge in [0.2, 0.25) is 0 Å². The molecule has 0 bridgehead atoms. The number of nitrogens with zero attached hydrogens (tertiary/aromatic N) is 2. The lowest BCUT2D eigenvalue weighted by Crippen LogP contribution is -2.30. The van der Waals surface area contributed by atoms with Crippen molar-refractivity contribution in [2.45, 2.75) is 6.54 Å². The van der Waals surface area contributed by atoms with Crippen molar-refractivity contribution >= 4 is 0 Å². The first-order valence-electron chi connectivity index (χ1n) is 4.54. The summed E-state index contributed by atoms with van der Waals surface area (Å²) < 4.78 is 0. The molecule has 0 aromatic heterocycles. The third kappa shape index (κ3) is 1.90. The molecule has 68 valence electrons. The normalized spacial score (nSPS) is 16.8. The van der Waals surface area contributed by atoms with E-state index in [2.05, 4.69) is 53.6 Å². The lowest BCUT2D eigenvalue weighted by molar-refractivity contribution is 0.0759. The van der Waals surface area contributed by atoms with E-state index in [1.165, 1.54) is 5.56 Å². The van der Waals surface area contributed by atoms with Crippen molar-refractivity contribution in [2.75, 3.05) is 13.6 Å². The van der Waals surface area contributed by atoms with E-state index in [4.69, 9.17) is 0 Å². The van der Waals surface area contributed by atoms with Crippen LogP contribution in [0.1, 0.15) is 5.56 Å². The Labute approximate surface area is 79.1 Å². The van der Waals surface area contributed by atoms with Crippen LogP contribution in [0, 0.1) is 0 Å². The van der Waals surface area contributed by atoms with E-state index >= 15 is 0 Å². The van der Waals surface area contributed by atoms with Crippen LogP contribution >= 0.6 is 0 Å². The molecule has 0 fully saturated rings. The molecule has 0 aliphatic carbocycles. The van der Waals surface area contributed by atoms with Crippen molar-refractivity contribution in [1.82, 2.24) is 10.0 Å². The van der Waals surface area contributed by atoms with Gasteiger partial charge in [0.05, 0.1) is 6.54 Å². The number of benzene rings is 1. The van der Waals surface area contributed by atoms with Gasteiger partial charge in [0.15, 0.2) is 0 Å². The molecule has 0 saturated heterocycles. The standard InChI is InChI=1S/C11H14N2/c1-12-8-5-9-13(12)10-11-6-3-2-4-7-11/h2-7,9H,8,10H2,1H3. The first kappa shape index (κ1) is 8.32. The zero-order valence-corrected chi connectivity index (χ0v) is 7.85. The van der Waals surface area contributed by atoms with Crippen LogP contribution in [-0.4, -0.2) is 23.6 Å². The second-order valence-corrected chi connectivity index (χ2v) is 3.31. The van der Waals surface area contributed by atoms with Gasteiger partial charge in [0.25, 0.3) is 0 Å². The quantitative estimate of drug-likeness (QED) is 0.675. The largest absolute Gasteiger partial charge is 0.309 e. The molecule has 1 aliphatic rings. The molecular formula is C11H14N2. The van der Waals surface area contributed by atoms with Crippen molar-refractivity contribution in [2.24, 2.45) is 0 Å². The van der Waals surface area contributed by atoms with Crippen molar-refractivity contribution < 1.29 is 0 Å². The number of hydrazine groups is 1. The van der Waals surface area contributed by atoms with Gasteiger partial charge in [0, 0.05) is 19.8 Å². The minimum absolute atomic E-state index is 0.966. The average Bonchev–Trinajstić information content (AvgIpc) is 2.54. The maximum Gasteiger partial charge on any atom is 0.0590 e. The van der Waals surface area contributed by atoms with Gasteiger partial charge in [-0.05, 0) is 5.56 Å². The highest BCUT2D eigenvalue weighted by atomic mass is 15.6. The Balaban J connectivity index is 2.02. The first-order chi connectivity index (χ1) is 6.36. The lowest BCUT2D eigenvalue weighted by Gasteiger charge is -2.24. The van der Waals surface area contributed by atoms with Gasteiger partial charge in [-0.1, -0.05) is 36.4 Å². The van der Waals surface area contributed by atoms with E-state index in [9.17, 15) is 0 Å². The Morgan fingerprint density at radius 2 is 2.00 bits per heavy atom. The fourth-order valence-corrected chi connectivity index (χ4v) is 1.48. The van der Waals surface area contributed by atoms with E-state index in [0.717, 1.165) is 13.1 Å². The SMILES string of the molecule is CN1CC=CN1Cc1ccccc1. The number of likely N-dealkylation sites (N-methyl/N-ethyl adjacent to an activating group) is 1. The summed E-state index contributed by atoms with van der Waals surface area (Å²) in [6.07, 6.45) is 4.30. The molecule has 1 heterocycles. The van der Waals surface area contributed by atoms with Crippen molar-refractivity contribution in [3.05, 3.63) is 48.2 Å². The van der Waals surface area contributed by atoms with Crippen LogP contribution in [0.2, 0.25) is 0 Å². The summed E-state index contributed by atoms with van der Waals surface area (Å²) in [6, 6.07) is 10.5. The smallest absolute Gasteiger partial charge is 0.0590 e. The lowest BCUT2D eigenvalue weighted by atomic mass is 10.2. The van der Waals surface area contributed by atoms with Crippen molar-refractivity contribution in [1.29, 1.82) is 0 Å². The molecular weight excluding hydrogens is 160 g/mol. The molecule has 1 aromatic rings. The second-order valence-electron chi connectivity index (χ2n) is 3.31. The van der Waals surface area contributed by atoms with Crippen LogP contribution in [0.15, 0.2) is 42.6 Å². The Bertz CT molecular complexity index is 292. The average molecular weight is 174 g/mol. The van der Waals surface area contributed by atoms with Crippen LogP contribution in [0.3, 0.4) is 0 Å². The molecule has 2 nitrogen and oxygen atoms in total. The Hall–Kier alpha value is -1.28. The van der Waals surface area contributed by atoms with E-state index in [0.29, 0.717) is 0 Å². The van der Waals surface area contributed by atoms with E-state index in [1.807, 2.05) is 6.07 Å². The predicted molar refractivity (Wildman–Crippen MR) is 53.8 cm³/mol. The van der Waals surface area contributed by atoms with E-state index in [-0.39, 0.29) is 0 Å². The number of rotatable bonds is 2. The minimum Gasteiger partial charge on any atom is -0.309 e. The third-order valence-electron chi connectivity index (χ3n) is 2.27. The predicted octanol–water partition coefficient (Wildman–Crippen LogP) is 1.86. The van der Waals surface area contributed by atoms with Gasteiger partial charge in [0.1, 0.15) is 0 Å². The van der Waals surface area contributed by atoms with Crippen LogP contribution in [0.4, 0.5) is 0 Å². The van der Waals surface area contributed by atoms with E-state index < -0.39 is 0 Å². The fraction of sp³-hybridized carbons (Fsp3) is 0.273. The van der Waals surface area contributed by atoms with Gasteiger partial charge < -0.3 is 5.01 Å². The molecule has 0 amide bonds. The van der Waals surface area contributed by atoms with Crippen LogP contribution in [-0.2, 0) is 6.54 Å². The summed E-state index contributed by atoms with van der Waals surface area (Å²) in [5, 5.41) is 4.42. The minimum atomic E-state index is 0.966. The highest BCUT2D eigenvalue weighted by Crippen LogP contribution is 2.10. The fourth-order valence-electron chi connectivity index (χ4n) is 1.48. The van der Waals surface area contributed by atoms with Crippen LogP contribution in [0.25, 0.3) is 0 Å². The van der Waals surface area contributed by atoms with Gasteiger partial charge >= 0.3 is 0 Å². The first-order valence-corrected chi connectivity index (χ1v) is 4.54. The van der Waals surface area contributed by atoms with Gasteiger partial charge in [-0.3, -0.25) is 0 Å². The number of hydrogen-bond donors (Lipinski definition) is 0. The molecule has 0 spiro atoms. The molecule has 0 saturated carbocycles. The monoisotopic (exact) mass is 174 g/mol. The van der Waals surface area contributed by atoms with Crippen LogP contribution < -0.4 is 0 Å². The molecule has 0 unspecified atom stereocenters. The van der Waals surface area contributed by atoms with Crippen LogP contribution in [0.5, 0.6) is 0 Å². The summed E-state index contributed by atoms with van der Waals surface area (Å²) in [5.41, 5.74) is 1.35. The third-order valence-corrected chi connectivity index (χ3v) is 2.27. The summed E-state index contributed by atoms with van der Waals surface area (Å²) in [6.45, 7) is 1.99. The second kappa shape index (κ2) is 3.62. The molecule has 13 heavy (non-hydrogen) atoms. The Morgan fingerprint density at radius 3 is 2.62 bits per heavy atom. The van der Waals surface area contributed by atoms with Gasteiger partial charge in [-0.25, -0.2) is 5.01 Å². The highest BCUT2D eigenvalue weighted by Gasteiger charge is 2.10. The van der Waals surface area contributed by atoms with Gasteiger partial charge in [-0.15, -0.1) is 0 Å². The van der Waals surface area contributed by atoms with Crippen molar-refractivity contribution in [3.8, 4) is 0 Å². The molecule has 2 rings (SSSR count). The van der Waals surface area contributed by atoms with Crippen molar-refractivity contribution in [3.63, 3.8) is 0 Å². The maximum atomic E-state index is 2.22. The molecule has 1 aliphatic heterocycles. The maximum absolute atomic E-state index is 2.22. The zero-order valence-electron chi connectivity index (χ0n) is 7.85. The zero-order chi connectivity index (χ0) is 9.10.